The Kier molecular flexibility index (Phi) is 9.15. The summed E-state index contributed by atoms with van der Waals surface area (Å²) in [6.45, 7) is -0.848. The van der Waals surface area contributed by atoms with E-state index < -0.39 is 64.3 Å². The van der Waals surface area contributed by atoms with E-state index in [1.807, 2.05) is 0 Å². The zero-order valence-electron chi connectivity index (χ0n) is 24.7. The van der Waals surface area contributed by atoms with Gasteiger partial charge in [-0.3, -0.25) is 10.1 Å². The highest BCUT2D eigenvalue weighted by molar-refractivity contribution is 6.05. The molecule has 16 heteroatoms. The summed E-state index contributed by atoms with van der Waals surface area (Å²) in [5.74, 6) is -2.18. The molecule has 11 nitrogen and oxygen atoms in total. The summed E-state index contributed by atoms with van der Waals surface area (Å²) in [5.41, 5.74) is -3.56. The monoisotopic (exact) mass is 652 g/mol. The van der Waals surface area contributed by atoms with Crippen molar-refractivity contribution in [2.24, 2.45) is 0 Å². The number of methoxy groups -OCH3 is 1. The number of halogens is 5. The smallest absolute Gasteiger partial charge is 0.422 e. The molecule has 0 radical (unpaired) electrons. The van der Waals surface area contributed by atoms with Gasteiger partial charge in [0.2, 0.25) is 0 Å². The van der Waals surface area contributed by atoms with Gasteiger partial charge in [-0.15, -0.1) is 0 Å². The van der Waals surface area contributed by atoms with Crippen LogP contribution in [0.2, 0.25) is 0 Å². The first-order chi connectivity index (χ1) is 21.7. The molecule has 4 aromatic rings. The molecule has 2 heterocycles. The molecule has 0 aliphatic carbocycles. The zero-order valence-corrected chi connectivity index (χ0v) is 24.7. The molecule has 1 unspecified atom stereocenters. The van der Waals surface area contributed by atoms with Gasteiger partial charge < -0.3 is 29.3 Å². The van der Waals surface area contributed by atoms with E-state index in [4.69, 9.17) is 14.2 Å². The minimum absolute atomic E-state index is 0.0371. The van der Waals surface area contributed by atoms with Crippen LogP contribution in [0.4, 0.5) is 33.5 Å². The van der Waals surface area contributed by atoms with Crippen LogP contribution in [0.15, 0.2) is 30.3 Å². The summed E-state index contributed by atoms with van der Waals surface area (Å²) in [7, 11) is 1.35. The van der Waals surface area contributed by atoms with Gasteiger partial charge in [-0.2, -0.15) is 23.1 Å². The average molecular weight is 653 g/mol. The fourth-order valence-corrected chi connectivity index (χ4v) is 5.68. The van der Waals surface area contributed by atoms with Gasteiger partial charge in [0.05, 0.1) is 21.5 Å². The van der Waals surface area contributed by atoms with Crippen molar-refractivity contribution in [1.82, 2.24) is 9.97 Å². The number of hydrogen-bond donors (Lipinski definition) is 2. The van der Waals surface area contributed by atoms with Gasteiger partial charge in [0, 0.05) is 38.4 Å². The summed E-state index contributed by atoms with van der Waals surface area (Å²) in [5, 5.41) is 33.1. The predicted molar refractivity (Wildman–Crippen MR) is 156 cm³/mol. The third-order valence-electron chi connectivity index (χ3n) is 7.52. The topological polar surface area (TPSA) is 140 Å². The first-order valence-corrected chi connectivity index (χ1v) is 14.1. The molecule has 1 aromatic heterocycles. The summed E-state index contributed by atoms with van der Waals surface area (Å²) in [6, 6.07) is 5.33. The van der Waals surface area contributed by atoms with E-state index in [0.717, 1.165) is 12.1 Å². The van der Waals surface area contributed by atoms with Crippen molar-refractivity contribution in [3.05, 3.63) is 57.6 Å². The van der Waals surface area contributed by atoms with Crippen LogP contribution in [0.5, 0.6) is 11.8 Å². The third kappa shape index (κ3) is 6.73. The lowest BCUT2D eigenvalue weighted by Crippen LogP contribution is -2.46. The lowest BCUT2D eigenvalue weighted by molar-refractivity contribution is -0.384. The molecule has 1 atom stereocenters. The number of rotatable bonds is 10. The van der Waals surface area contributed by atoms with Gasteiger partial charge in [-0.05, 0) is 60.7 Å². The Morgan fingerprint density at radius 3 is 2.57 bits per heavy atom. The molecular weight excluding hydrogens is 623 g/mol. The molecule has 0 spiro atoms. The van der Waals surface area contributed by atoms with Gasteiger partial charge in [-0.1, -0.05) is 6.07 Å². The number of nitrogens with zero attached hydrogens (tertiary/aromatic N) is 4. The van der Waals surface area contributed by atoms with E-state index in [2.05, 4.69) is 9.97 Å². The number of anilines is 1. The number of aromatic nitrogens is 2. The second-order valence-electron chi connectivity index (χ2n) is 11.1. The quantitative estimate of drug-likeness (QED) is 0.0984. The van der Waals surface area contributed by atoms with E-state index in [1.54, 1.807) is 0 Å². The standard InChI is InChI=1S/C30H29F5N4O7/c1-29(41)7-3-8-38(13-29)27-20-12-22(39(42)43)24(25(32)26(20)36-28(37-27)45-14-30(33,34)35)19-11-17(46-15-44-2)10-16-4-5-21(31)18(6-9-40)23(16)19/h4-5,10-12,40-41H,3,6-9,13-15H2,1-2H3. The Morgan fingerprint density at radius 2 is 1.91 bits per heavy atom. The summed E-state index contributed by atoms with van der Waals surface area (Å²) in [6.07, 6.45) is -4.20. The number of aliphatic hydroxyl groups is 2. The minimum atomic E-state index is -4.79. The molecule has 0 saturated carbocycles. The molecule has 1 saturated heterocycles. The van der Waals surface area contributed by atoms with Crippen molar-refractivity contribution in [3.63, 3.8) is 0 Å². The summed E-state index contributed by atoms with van der Waals surface area (Å²) < 4.78 is 86.6. The normalized spacial score (nSPS) is 17.1. The second-order valence-corrected chi connectivity index (χ2v) is 11.1. The maximum absolute atomic E-state index is 16.9. The lowest BCUT2D eigenvalue weighted by atomic mass is 9.90. The van der Waals surface area contributed by atoms with E-state index >= 15 is 8.78 Å². The number of piperidine rings is 1. The highest BCUT2D eigenvalue weighted by atomic mass is 19.4. The van der Waals surface area contributed by atoms with Crippen LogP contribution in [-0.2, 0) is 11.2 Å². The number of ether oxygens (including phenoxy) is 3. The number of fused-ring (bicyclic) bond motifs is 2. The van der Waals surface area contributed by atoms with Gasteiger partial charge in [0.25, 0.3) is 5.69 Å². The maximum Gasteiger partial charge on any atom is 0.422 e. The molecule has 0 amide bonds. The van der Waals surface area contributed by atoms with Crippen LogP contribution < -0.4 is 14.4 Å². The predicted octanol–water partition coefficient (Wildman–Crippen LogP) is 5.45. The Labute approximate surface area is 258 Å². The van der Waals surface area contributed by atoms with E-state index in [-0.39, 0.29) is 65.2 Å². The molecule has 5 rings (SSSR count). The van der Waals surface area contributed by atoms with Crippen LogP contribution in [0.3, 0.4) is 0 Å². The number of benzene rings is 3. The largest absolute Gasteiger partial charge is 0.468 e. The molecule has 1 fully saturated rings. The molecule has 3 aromatic carbocycles. The number of nitro groups is 1. The number of nitro benzene ring substituents is 1. The first kappa shape index (κ1) is 33.0. The van der Waals surface area contributed by atoms with Crippen molar-refractivity contribution in [1.29, 1.82) is 0 Å². The van der Waals surface area contributed by atoms with Crippen LogP contribution >= 0.6 is 0 Å². The molecule has 0 bridgehead atoms. The molecule has 46 heavy (non-hydrogen) atoms. The van der Waals surface area contributed by atoms with Crippen molar-refractivity contribution in [3.8, 4) is 22.9 Å². The fourth-order valence-electron chi connectivity index (χ4n) is 5.68. The number of β-amino-alcohol motifs (C(OH)–C–C–N with tert-alkyl or cyclic N) is 1. The van der Waals surface area contributed by atoms with Crippen molar-refractivity contribution < 1.29 is 51.3 Å². The second kappa shape index (κ2) is 12.8. The van der Waals surface area contributed by atoms with Gasteiger partial charge >= 0.3 is 12.2 Å². The van der Waals surface area contributed by atoms with Crippen LogP contribution in [0.25, 0.3) is 32.8 Å². The fraction of sp³-hybridized carbons (Fsp3) is 0.400. The Bertz CT molecular complexity index is 1800. The van der Waals surface area contributed by atoms with Crippen LogP contribution in [0, 0.1) is 21.7 Å². The van der Waals surface area contributed by atoms with E-state index in [1.165, 1.54) is 37.1 Å². The lowest BCUT2D eigenvalue weighted by Gasteiger charge is -2.38. The highest BCUT2D eigenvalue weighted by Gasteiger charge is 2.35. The molecular formula is C30H29F5N4O7. The molecule has 246 valence electrons. The molecule has 2 N–H and O–H groups in total. The minimum Gasteiger partial charge on any atom is -0.468 e. The van der Waals surface area contributed by atoms with E-state index in [0.29, 0.717) is 12.8 Å². The zero-order chi connectivity index (χ0) is 33.4. The van der Waals surface area contributed by atoms with Crippen LogP contribution in [-0.4, -0.2) is 77.1 Å². The number of aliphatic hydroxyl groups excluding tert-OH is 1. The Balaban J connectivity index is 1.87. The van der Waals surface area contributed by atoms with E-state index in [9.17, 15) is 33.5 Å². The van der Waals surface area contributed by atoms with Gasteiger partial charge in [0.1, 0.15) is 22.9 Å². The molecule has 1 aliphatic rings. The number of hydrogen-bond acceptors (Lipinski definition) is 10. The first-order valence-electron chi connectivity index (χ1n) is 14.1. The Morgan fingerprint density at radius 1 is 1.15 bits per heavy atom. The summed E-state index contributed by atoms with van der Waals surface area (Å²) in [4.78, 5) is 21.1. The Hall–Kier alpha value is -4.41. The average Bonchev–Trinajstić information content (AvgIpc) is 2.99. The SMILES string of the molecule is COCOc1cc(-c2c([N+](=O)[O-])cc3c(N4CCCC(C)(O)C4)nc(OCC(F)(F)F)nc3c2F)c2c(CCO)c(F)ccc2c1. The third-order valence-corrected chi connectivity index (χ3v) is 7.52. The highest BCUT2D eigenvalue weighted by Crippen LogP contribution is 2.45. The van der Waals surface area contributed by atoms with Crippen molar-refractivity contribution in [2.75, 3.05) is 45.1 Å². The van der Waals surface area contributed by atoms with Gasteiger partial charge in [-0.25, -0.2) is 8.78 Å². The van der Waals surface area contributed by atoms with Crippen LogP contribution in [0.1, 0.15) is 25.3 Å². The number of alkyl halides is 3. The summed E-state index contributed by atoms with van der Waals surface area (Å²) >= 11 is 0. The van der Waals surface area contributed by atoms with Crippen molar-refractivity contribution >= 4 is 33.2 Å². The molecule has 1 aliphatic heterocycles. The van der Waals surface area contributed by atoms with Gasteiger partial charge in [0.15, 0.2) is 19.2 Å². The van der Waals surface area contributed by atoms with Crippen molar-refractivity contribution in [2.45, 2.75) is 38.0 Å². The maximum atomic E-state index is 16.9.